The first-order chi connectivity index (χ1) is 6.20. The van der Waals surface area contributed by atoms with Crippen molar-refractivity contribution in [1.82, 2.24) is 0 Å². The molecule has 1 unspecified atom stereocenters. The first kappa shape index (κ1) is 11.4. The van der Waals surface area contributed by atoms with Crippen LogP contribution >= 0.6 is 0 Å². The van der Waals surface area contributed by atoms with Crippen LogP contribution in [-0.2, 0) is 4.79 Å². The highest BCUT2D eigenvalue weighted by Gasteiger charge is 2.07. The van der Waals surface area contributed by atoms with Gasteiger partial charge in [0.05, 0.1) is 12.1 Å². The van der Waals surface area contributed by atoms with Gasteiger partial charge in [-0.1, -0.05) is 0 Å². The van der Waals surface area contributed by atoms with Gasteiger partial charge >= 0.3 is 5.97 Å². The lowest BCUT2D eigenvalue weighted by atomic mass is 9.99. The predicted octanol–water partition coefficient (Wildman–Crippen LogP) is 1.68. The molecule has 0 aliphatic carbocycles. The van der Waals surface area contributed by atoms with Gasteiger partial charge in [0.25, 0.3) is 0 Å². The Hall–Kier alpha value is -1.55. The van der Waals surface area contributed by atoms with E-state index >= 15 is 0 Å². The molecule has 0 aliphatic heterocycles. The van der Waals surface area contributed by atoms with Gasteiger partial charge in [-0.05, 0) is 19.3 Å². The van der Waals surface area contributed by atoms with E-state index in [4.69, 9.17) is 15.6 Å². The van der Waals surface area contributed by atoms with Crippen LogP contribution in [0.4, 0.5) is 0 Å². The molecule has 1 N–H and O–H groups in total. The van der Waals surface area contributed by atoms with E-state index in [1.54, 1.807) is 0 Å². The average molecular weight is 180 g/mol. The molecule has 0 aromatic heterocycles. The molecule has 0 aromatic carbocycles. The van der Waals surface area contributed by atoms with Crippen LogP contribution in [0.1, 0.15) is 32.1 Å². The molecule has 0 rings (SSSR count). The standard InChI is InChI=1S/C9H12N2O2/c10-6-2-4-8(7-11)3-1-5-9(12)13/h8H,1-5H2,(H,12,13). The van der Waals surface area contributed by atoms with Gasteiger partial charge in [0.1, 0.15) is 0 Å². The second-order valence-electron chi connectivity index (χ2n) is 2.81. The number of aliphatic carboxylic acids is 1. The van der Waals surface area contributed by atoms with Gasteiger partial charge in [0.2, 0.25) is 0 Å². The first-order valence-electron chi connectivity index (χ1n) is 4.19. The molecule has 4 nitrogen and oxygen atoms in total. The molecule has 13 heavy (non-hydrogen) atoms. The molecule has 1 atom stereocenters. The maximum atomic E-state index is 10.1. The molecule has 0 spiro atoms. The van der Waals surface area contributed by atoms with Crippen LogP contribution in [0.5, 0.6) is 0 Å². The van der Waals surface area contributed by atoms with Crippen molar-refractivity contribution in [3.8, 4) is 12.1 Å². The zero-order chi connectivity index (χ0) is 10.1. The van der Waals surface area contributed by atoms with Crippen LogP contribution in [0, 0.1) is 28.6 Å². The van der Waals surface area contributed by atoms with Gasteiger partial charge in [-0.15, -0.1) is 0 Å². The topological polar surface area (TPSA) is 84.9 Å². The summed E-state index contributed by atoms with van der Waals surface area (Å²) in [5.74, 6) is -1.00. The minimum Gasteiger partial charge on any atom is -0.481 e. The Bertz CT molecular complexity index is 237. The number of hydrogen-bond acceptors (Lipinski definition) is 3. The molecule has 0 bridgehead atoms. The van der Waals surface area contributed by atoms with Crippen molar-refractivity contribution >= 4 is 5.97 Å². The smallest absolute Gasteiger partial charge is 0.303 e. The summed E-state index contributed by atoms with van der Waals surface area (Å²) in [7, 11) is 0. The summed E-state index contributed by atoms with van der Waals surface area (Å²) in [6, 6.07) is 4.03. The van der Waals surface area contributed by atoms with Gasteiger partial charge in [-0.25, -0.2) is 0 Å². The number of hydrogen-bond donors (Lipinski definition) is 1. The largest absolute Gasteiger partial charge is 0.481 e. The fraction of sp³-hybridized carbons (Fsp3) is 0.667. The van der Waals surface area contributed by atoms with Gasteiger partial charge in [-0.2, -0.15) is 10.5 Å². The van der Waals surface area contributed by atoms with Crippen molar-refractivity contribution < 1.29 is 9.90 Å². The Balaban J connectivity index is 3.56. The summed E-state index contributed by atoms with van der Waals surface area (Å²) >= 11 is 0. The normalized spacial score (nSPS) is 11.2. The maximum absolute atomic E-state index is 10.1. The molecular weight excluding hydrogens is 168 g/mol. The average Bonchev–Trinajstić information content (AvgIpc) is 2.10. The summed E-state index contributed by atoms with van der Waals surface area (Å²) in [5.41, 5.74) is 0. The van der Waals surface area contributed by atoms with E-state index in [1.165, 1.54) is 0 Å². The summed E-state index contributed by atoms with van der Waals surface area (Å²) in [6.07, 6.45) is 2.10. The SMILES string of the molecule is N#CCCC(C#N)CCCC(=O)O. The zero-order valence-electron chi connectivity index (χ0n) is 7.36. The van der Waals surface area contributed by atoms with E-state index in [0.29, 0.717) is 25.7 Å². The molecule has 0 amide bonds. The highest BCUT2D eigenvalue weighted by molar-refractivity contribution is 5.66. The van der Waals surface area contributed by atoms with Crippen LogP contribution in [0.15, 0.2) is 0 Å². The summed E-state index contributed by atoms with van der Waals surface area (Å²) in [4.78, 5) is 10.1. The van der Waals surface area contributed by atoms with E-state index in [-0.39, 0.29) is 12.3 Å². The molecule has 0 saturated heterocycles. The van der Waals surface area contributed by atoms with Crippen LogP contribution in [0.2, 0.25) is 0 Å². The third-order valence-electron chi connectivity index (χ3n) is 1.73. The number of carbonyl (C=O) groups is 1. The van der Waals surface area contributed by atoms with Gasteiger partial charge in [0, 0.05) is 18.8 Å². The number of rotatable bonds is 6. The quantitative estimate of drug-likeness (QED) is 0.673. The Morgan fingerprint density at radius 1 is 1.38 bits per heavy atom. The molecule has 0 heterocycles. The Labute approximate surface area is 77.4 Å². The van der Waals surface area contributed by atoms with Crippen molar-refractivity contribution in [2.24, 2.45) is 5.92 Å². The second kappa shape index (κ2) is 7.12. The van der Waals surface area contributed by atoms with Gasteiger partial charge in [-0.3, -0.25) is 4.79 Å². The van der Waals surface area contributed by atoms with Crippen molar-refractivity contribution in [2.75, 3.05) is 0 Å². The Kier molecular flexibility index (Phi) is 6.27. The molecule has 0 saturated carbocycles. The summed E-state index contributed by atoms with van der Waals surface area (Å²) < 4.78 is 0. The lowest BCUT2D eigenvalue weighted by Crippen LogP contribution is -2.00. The van der Waals surface area contributed by atoms with Gasteiger partial charge in [0.15, 0.2) is 0 Å². The summed E-state index contributed by atoms with van der Waals surface area (Å²) in [5, 5.41) is 25.2. The van der Waals surface area contributed by atoms with E-state index in [9.17, 15) is 4.79 Å². The molecule has 0 aliphatic rings. The fourth-order valence-electron chi connectivity index (χ4n) is 1.01. The third-order valence-corrected chi connectivity index (χ3v) is 1.73. The van der Waals surface area contributed by atoms with E-state index in [0.717, 1.165) is 0 Å². The molecule has 70 valence electrons. The van der Waals surface area contributed by atoms with Crippen LogP contribution < -0.4 is 0 Å². The molecule has 0 fully saturated rings. The zero-order valence-corrected chi connectivity index (χ0v) is 7.36. The minimum atomic E-state index is -0.836. The molecule has 0 aromatic rings. The Morgan fingerprint density at radius 3 is 2.54 bits per heavy atom. The van der Waals surface area contributed by atoms with Crippen LogP contribution in [0.3, 0.4) is 0 Å². The van der Waals surface area contributed by atoms with Crippen molar-refractivity contribution in [2.45, 2.75) is 32.1 Å². The van der Waals surface area contributed by atoms with Crippen molar-refractivity contribution in [1.29, 1.82) is 10.5 Å². The highest BCUT2D eigenvalue weighted by atomic mass is 16.4. The molecular formula is C9H12N2O2. The van der Waals surface area contributed by atoms with Gasteiger partial charge < -0.3 is 5.11 Å². The van der Waals surface area contributed by atoms with E-state index in [1.807, 2.05) is 6.07 Å². The van der Waals surface area contributed by atoms with E-state index < -0.39 is 5.97 Å². The third kappa shape index (κ3) is 6.83. The highest BCUT2D eigenvalue weighted by Crippen LogP contribution is 2.13. The van der Waals surface area contributed by atoms with Crippen LogP contribution in [-0.4, -0.2) is 11.1 Å². The second-order valence-corrected chi connectivity index (χ2v) is 2.81. The lowest BCUT2D eigenvalue weighted by molar-refractivity contribution is -0.137. The number of carboxylic acids is 1. The number of nitrogens with zero attached hydrogens (tertiary/aromatic N) is 2. The Morgan fingerprint density at radius 2 is 2.08 bits per heavy atom. The predicted molar refractivity (Wildman–Crippen MR) is 45.4 cm³/mol. The summed E-state index contributed by atoms with van der Waals surface area (Å²) in [6.45, 7) is 0. The van der Waals surface area contributed by atoms with E-state index in [2.05, 4.69) is 6.07 Å². The monoisotopic (exact) mass is 180 g/mol. The number of nitriles is 2. The van der Waals surface area contributed by atoms with Crippen molar-refractivity contribution in [3.05, 3.63) is 0 Å². The van der Waals surface area contributed by atoms with Crippen LogP contribution in [0.25, 0.3) is 0 Å². The minimum absolute atomic E-state index is 0.102. The fourth-order valence-corrected chi connectivity index (χ4v) is 1.01. The molecule has 0 radical (unpaired) electrons. The molecule has 4 heteroatoms. The number of carboxylic acid groups (broad SMARTS) is 1. The van der Waals surface area contributed by atoms with Crippen molar-refractivity contribution in [3.63, 3.8) is 0 Å². The first-order valence-corrected chi connectivity index (χ1v) is 4.19. The lowest BCUT2D eigenvalue weighted by Gasteiger charge is -2.03. The maximum Gasteiger partial charge on any atom is 0.303 e.